The maximum atomic E-state index is 13.6. The molecule has 4 N–H and O–H groups in total. The Bertz CT molecular complexity index is 1390. The van der Waals surface area contributed by atoms with Gasteiger partial charge in [-0.1, -0.05) is 80.9 Å². The zero-order valence-electron chi connectivity index (χ0n) is 24.6. The van der Waals surface area contributed by atoms with Crippen LogP contribution in [-0.2, 0) is 27.3 Å². The van der Waals surface area contributed by atoms with Crippen molar-refractivity contribution in [1.82, 2.24) is 21.3 Å². The summed E-state index contributed by atoms with van der Waals surface area (Å²) in [6.07, 6.45) is 0.393. The summed E-state index contributed by atoms with van der Waals surface area (Å²) in [7, 11) is 0. The molecule has 8 nitrogen and oxygen atoms in total. The van der Waals surface area contributed by atoms with Crippen molar-refractivity contribution in [2.75, 3.05) is 6.54 Å². The molecule has 0 unspecified atom stereocenters. The molecule has 0 bridgehead atoms. The molecular weight excluding hydrogens is 571 g/mol. The fourth-order valence-corrected chi connectivity index (χ4v) is 4.32. The van der Waals surface area contributed by atoms with E-state index in [2.05, 4.69) is 21.3 Å². The molecule has 0 saturated heterocycles. The zero-order chi connectivity index (χ0) is 31.4. The van der Waals surface area contributed by atoms with Gasteiger partial charge in [0.15, 0.2) is 0 Å². The average molecular weight is 609 g/mol. The standard InChI is InChI=1S/C33H38ClFN4O4/c1-33(2,3)21-37-29(40)19-28(39-30(41)23-14-16-25(35)17-15-23)32(43)38-27(18-13-22-9-5-4-6-10-22)31(42)36-20-24-11-7-8-12-26(24)34/h4-12,14-17,27-28H,13,18-21H2,1-3H3,(H,36,42)(H,37,40)(H,38,43)(H,39,41)/t27-,28-/m0/s1. The van der Waals surface area contributed by atoms with E-state index in [0.717, 1.165) is 17.7 Å². The smallest absolute Gasteiger partial charge is 0.251 e. The van der Waals surface area contributed by atoms with Gasteiger partial charge >= 0.3 is 0 Å². The molecule has 0 aromatic heterocycles. The lowest BCUT2D eigenvalue weighted by molar-refractivity contribution is -0.131. The van der Waals surface area contributed by atoms with Crippen LogP contribution < -0.4 is 21.3 Å². The predicted molar refractivity (Wildman–Crippen MR) is 165 cm³/mol. The first-order valence-electron chi connectivity index (χ1n) is 14.1. The summed E-state index contributed by atoms with van der Waals surface area (Å²) in [5.74, 6) is -2.76. The highest BCUT2D eigenvalue weighted by Crippen LogP contribution is 2.15. The molecule has 0 saturated carbocycles. The van der Waals surface area contributed by atoms with E-state index >= 15 is 0 Å². The molecule has 2 atom stereocenters. The third kappa shape index (κ3) is 11.5. The Balaban J connectivity index is 1.78. The first-order chi connectivity index (χ1) is 20.4. The number of halogens is 2. The van der Waals surface area contributed by atoms with Crippen molar-refractivity contribution in [3.8, 4) is 0 Å². The highest BCUT2D eigenvalue weighted by atomic mass is 35.5. The molecule has 0 radical (unpaired) electrons. The van der Waals surface area contributed by atoms with E-state index in [-0.39, 0.29) is 30.4 Å². The minimum absolute atomic E-state index is 0.118. The molecule has 4 amide bonds. The molecule has 43 heavy (non-hydrogen) atoms. The summed E-state index contributed by atoms with van der Waals surface area (Å²) >= 11 is 6.24. The van der Waals surface area contributed by atoms with Gasteiger partial charge in [0.2, 0.25) is 17.7 Å². The van der Waals surface area contributed by atoms with Gasteiger partial charge in [0.05, 0.1) is 6.42 Å². The van der Waals surface area contributed by atoms with Crippen LogP contribution in [0.5, 0.6) is 0 Å². The van der Waals surface area contributed by atoms with E-state index in [1.807, 2.05) is 51.1 Å². The maximum Gasteiger partial charge on any atom is 0.251 e. The molecule has 3 rings (SSSR count). The van der Waals surface area contributed by atoms with Gasteiger partial charge in [0.1, 0.15) is 17.9 Å². The Morgan fingerprint density at radius 2 is 1.44 bits per heavy atom. The third-order valence-electron chi connectivity index (χ3n) is 6.54. The van der Waals surface area contributed by atoms with Gasteiger partial charge in [-0.05, 0) is 59.7 Å². The van der Waals surface area contributed by atoms with E-state index in [4.69, 9.17) is 11.6 Å². The second-order valence-electron chi connectivity index (χ2n) is 11.5. The Morgan fingerprint density at radius 1 is 0.791 bits per heavy atom. The van der Waals surface area contributed by atoms with Gasteiger partial charge in [-0.3, -0.25) is 19.2 Å². The number of carbonyl (C=O) groups excluding carboxylic acids is 4. The van der Waals surface area contributed by atoms with Gasteiger partial charge in [0, 0.05) is 23.7 Å². The molecule has 0 spiro atoms. The van der Waals surface area contributed by atoms with Gasteiger partial charge in [-0.25, -0.2) is 4.39 Å². The van der Waals surface area contributed by atoms with Gasteiger partial charge < -0.3 is 21.3 Å². The van der Waals surface area contributed by atoms with Crippen molar-refractivity contribution in [2.24, 2.45) is 5.41 Å². The summed E-state index contributed by atoms with van der Waals surface area (Å²) < 4.78 is 13.4. The minimum Gasteiger partial charge on any atom is -0.355 e. The largest absolute Gasteiger partial charge is 0.355 e. The van der Waals surface area contributed by atoms with Gasteiger partial charge in [-0.15, -0.1) is 0 Å². The van der Waals surface area contributed by atoms with Crippen LogP contribution in [0, 0.1) is 11.2 Å². The van der Waals surface area contributed by atoms with Crippen LogP contribution >= 0.6 is 11.6 Å². The number of nitrogens with one attached hydrogen (secondary N) is 4. The molecule has 10 heteroatoms. The molecule has 3 aromatic rings. The fraction of sp³-hybridized carbons (Fsp3) is 0.333. The lowest BCUT2D eigenvalue weighted by Crippen LogP contribution is -2.55. The summed E-state index contributed by atoms with van der Waals surface area (Å²) in [6.45, 7) is 6.36. The first-order valence-corrected chi connectivity index (χ1v) is 14.5. The number of hydrogen-bond acceptors (Lipinski definition) is 4. The van der Waals surface area contributed by atoms with Crippen LogP contribution in [0.4, 0.5) is 4.39 Å². The van der Waals surface area contributed by atoms with Crippen molar-refractivity contribution < 1.29 is 23.6 Å². The number of amides is 4. The van der Waals surface area contributed by atoms with E-state index in [9.17, 15) is 23.6 Å². The van der Waals surface area contributed by atoms with E-state index in [1.54, 1.807) is 24.3 Å². The molecule has 0 heterocycles. The number of carbonyl (C=O) groups is 4. The minimum atomic E-state index is -1.30. The maximum absolute atomic E-state index is 13.6. The van der Waals surface area contributed by atoms with Crippen molar-refractivity contribution in [3.63, 3.8) is 0 Å². The highest BCUT2D eigenvalue weighted by Gasteiger charge is 2.29. The first kappa shape index (κ1) is 33.3. The fourth-order valence-electron chi connectivity index (χ4n) is 4.12. The topological polar surface area (TPSA) is 116 Å². The van der Waals surface area contributed by atoms with E-state index < -0.39 is 41.5 Å². The van der Waals surface area contributed by atoms with Crippen LogP contribution in [0.25, 0.3) is 0 Å². The third-order valence-corrected chi connectivity index (χ3v) is 6.91. The second kappa shape index (κ2) is 15.8. The molecule has 228 valence electrons. The second-order valence-corrected chi connectivity index (χ2v) is 11.9. The van der Waals surface area contributed by atoms with Crippen LogP contribution in [0.2, 0.25) is 5.02 Å². The van der Waals surface area contributed by atoms with Crippen LogP contribution in [0.15, 0.2) is 78.9 Å². The predicted octanol–water partition coefficient (Wildman–Crippen LogP) is 4.56. The van der Waals surface area contributed by atoms with Gasteiger partial charge in [0.25, 0.3) is 5.91 Å². The van der Waals surface area contributed by atoms with Crippen molar-refractivity contribution in [2.45, 2.75) is 58.7 Å². The zero-order valence-corrected chi connectivity index (χ0v) is 25.3. The van der Waals surface area contributed by atoms with Crippen molar-refractivity contribution in [3.05, 3.63) is 106 Å². The van der Waals surface area contributed by atoms with E-state index in [1.165, 1.54) is 12.1 Å². The molecule has 0 fully saturated rings. The van der Waals surface area contributed by atoms with Crippen LogP contribution in [0.3, 0.4) is 0 Å². The summed E-state index contributed by atoms with van der Waals surface area (Å²) in [5.41, 5.74) is 1.61. The molecule has 0 aliphatic rings. The van der Waals surface area contributed by atoms with Crippen LogP contribution in [0.1, 0.15) is 55.1 Å². The summed E-state index contributed by atoms with van der Waals surface area (Å²) in [6, 6.07) is 19.2. The van der Waals surface area contributed by atoms with Crippen molar-refractivity contribution >= 4 is 35.2 Å². The summed E-state index contributed by atoms with van der Waals surface area (Å²) in [4.78, 5) is 52.7. The lowest BCUT2D eigenvalue weighted by atomic mass is 9.97. The number of aryl methyl sites for hydroxylation is 1. The van der Waals surface area contributed by atoms with E-state index in [0.29, 0.717) is 23.6 Å². The molecule has 3 aromatic carbocycles. The highest BCUT2D eigenvalue weighted by molar-refractivity contribution is 6.31. The number of hydrogen-bond donors (Lipinski definition) is 4. The molecule has 0 aliphatic heterocycles. The Morgan fingerprint density at radius 3 is 2.09 bits per heavy atom. The normalized spacial score (nSPS) is 12.5. The van der Waals surface area contributed by atoms with Crippen LogP contribution in [-0.4, -0.2) is 42.3 Å². The molecular formula is C33H38ClFN4O4. The monoisotopic (exact) mass is 608 g/mol. The molecule has 0 aliphatic carbocycles. The lowest BCUT2D eigenvalue weighted by Gasteiger charge is -2.24. The van der Waals surface area contributed by atoms with Gasteiger partial charge in [-0.2, -0.15) is 0 Å². The summed E-state index contributed by atoms with van der Waals surface area (Å²) in [5, 5.41) is 11.4. The number of rotatable bonds is 13. The SMILES string of the molecule is CC(C)(C)CNC(=O)C[C@H](NC(=O)c1ccc(F)cc1)C(=O)N[C@@H](CCc1ccccc1)C(=O)NCc1ccccc1Cl. The Hall–Kier alpha value is -4.24. The van der Waals surface area contributed by atoms with Crippen molar-refractivity contribution in [1.29, 1.82) is 0 Å². The Kier molecular flexibility index (Phi) is 12.3. The quantitative estimate of drug-likeness (QED) is 0.228. The Labute approximate surface area is 256 Å². The average Bonchev–Trinajstić information content (AvgIpc) is 2.97. The number of benzene rings is 3.